The first kappa shape index (κ1) is 19.4. The number of aromatic nitrogens is 1. The summed E-state index contributed by atoms with van der Waals surface area (Å²) in [7, 11) is 0. The topological polar surface area (TPSA) is 56.8 Å². The molecule has 0 spiro atoms. The van der Waals surface area contributed by atoms with Crippen molar-refractivity contribution < 1.29 is 9.59 Å². The lowest BCUT2D eigenvalue weighted by atomic mass is 9.91. The van der Waals surface area contributed by atoms with Gasteiger partial charge in [0, 0.05) is 44.8 Å². The van der Waals surface area contributed by atoms with E-state index in [1.54, 1.807) is 12.3 Å². The second kappa shape index (κ2) is 9.03. The van der Waals surface area contributed by atoms with Crippen molar-refractivity contribution in [3.05, 3.63) is 30.1 Å². The highest BCUT2D eigenvalue weighted by Gasteiger charge is 2.30. The second-order valence-electron chi connectivity index (χ2n) is 8.49. The van der Waals surface area contributed by atoms with Crippen LogP contribution in [-0.2, 0) is 4.79 Å². The van der Waals surface area contributed by atoms with E-state index in [0.29, 0.717) is 17.6 Å². The van der Waals surface area contributed by atoms with Crippen LogP contribution in [0.5, 0.6) is 0 Å². The summed E-state index contributed by atoms with van der Waals surface area (Å²) in [6.07, 6.45) is 9.25. The van der Waals surface area contributed by atoms with Gasteiger partial charge in [-0.2, -0.15) is 0 Å². The summed E-state index contributed by atoms with van der Waals surface area (Å²) in [6.45, 7) is 5.91. The van der Waals surface area contributed by atoms with Crippen molar-refractivity contribution in [2.45, 2.75) is 51.0 Å². The molecule has 152 valence electrons. The van der Waals surface area contributed by atoms with Crippen LogP contribution in [0.2, 0.25) is 0 Å². The molecule has 6 heteroatoms. The zero-order valence-electron chi connectivity index (χ0n) is 16.8. The van der Waals surface area contributed by atoms with Gasteiger partial charge < -0.3 is 14.7 Å². The Hall–Kier alpha value is -1.95. The maximum Gasteiger partial charge on any atom is 0.272 e. The number of rotatable bonds is 5. The first-order chi connectivity index (χ1) is 13.7. The summed E-state index contributed by atoms with van der Waals surface area (Å²) < 4.78 is 0. The van der Waals surface area contributed by atoms with Gasteiger partial charge in [0.05, 0.1) is 0 Å². The van der Waals surface area contributed by atoms with Crippen LogP contribution in [-0.4, -0.2) is 76.8 Å². The van der Waals surface area contributed by atoms with Crippen LogP contribution in [0.25, 0.3) is 0 Å². The molecular formula is C22H32N4O2. The quantitative estimate of drug-likeness (QED) is 0.782. The van der Waals surface area contributed by atoms with Crippen molar-refractivity contribution in [2.75, 3.05) is 39.3 Å². The molecule has 4 rings (SSSR count). The molecule has 0 aromatic carbocycles. The third-order valence-corrected chi connectivity index (χ3v) is 6.78. The zero-order valence-corrected chi connectivity index (χ0v) is 16.8. The van der Waals surface area contributed by atoms with Crippen molar-refractivity contribution in [1.82, 2.24) is 19.7 Å². The van der Waals surface area contributed by atoms with Gasteiger partial charge in [0.2, 0.25) is 5.91 Å². The molecule has 2 amide bonds. The molecule has 0 N–H and O–H groups in total. The Labute approximate surface area is 167 Å². The van der Waals surface area contributed by atoms with Crippen LogP contribution < -0.4 is 0 Å². The minimum absolute atomic E-state index is 0.0641. The van der Waals surface area contributed by atoms with Crippen molar-refractivity contribution in [2.24, 2.45) is 5.92 Å². The van der Waals surface area contributed by atoms with E-state index in [1.807, 2.05) is 17.0 Å². The number of carbonyl (C=O) groups is 2. The Morgan fingerprint density at radius 2 is 1.82 bits per heavy atom. The Morgan fingerprint density at radius 3 is 2.46 bits per heavy atom. The first-order valence-electron chi connectivity index (χ1n) is 10.9. The summed E-state index contributed by atoms with van der Waals surface area (Å²) in [5.74, 6) is 1.18. The molecule has 3 fully saturated rings. The predicted octanol–water partition coefficient (Wildman–Crippen LogP) is 2.41. The SMILES string of the molecule is O=C1CCCN1CCC1CCN(C2CCN(C(=O)c3ccccn3)CC2)CC1. The Morgan fingerprint density at radius 1 is 1.04 bits per heavy atom. The van der Waals surface area contributed by atoms with Gasteiger partial charge in [0.1, 0.15) is 5.69 Å². The molecular weight excluding hydrogens is 352 g/mol. The van der Waals surface area contributed by atoms with Crippen molar-refractivity contribution in [3.63, 3.8) is 0 Å². The van der Waals surface area contributed by atoms with Crippen LogP contribution in [0, 0.1) is 5.92 Å². The van der Waals surface area contributed by atoms with E-state index in [-0.39, 0.29) is 5.91 Å². The molecule has 0 aliphatic carbocycles. The van der Waals surface area contributed by atoms with E-state index in [1.165, 1.54) is 12.8 Å². The standard InChI is InChI=1S/C22H32N4O2/c27-21-5-3-12-25(21)15-8-18-6-13-24(14-7-18)19-9-16-26(17-10-19)22(28)20-4-1-2-11-23-20/h1-2,4,11,18-19H,3,5-10,12-17H2. The molecule has 1 aromatic rings. The van der Waals surface area contributed by atoms with Gasteiger partial charge in [0.15, 0.2) is 0 Å². The maximum absolute atomic E-state index is 12.6. The number of hydrogen-bond acceptors (Lipinski definition) is 4. The predicted molar refractivity (Wildman–Crippen MR) is 108 cm³/mol. The molecule has 0 bridgehead atoms. The smallest absolute Gasteiger partial charge is 0.272 e. The number of pyridine rings is 1. The molecule has 6 nitrogen and oxygen atoms in total. The van der Waals surface area contributed by atoms with E-state index in [9.17, 15) is 9.59 Å². The van der Waals surface area contributed by atoms with E-state index in [0.717, 1.165) is 77.3 Å². The average molecular weight is 385 g/mol. The number of carbonyl (C=O) groups excluding carboxylic acids is 2. The van der Waals surface area contributed by atoms with Gasteiger partial charge in [-0.3, -0.25) is 14.6 Å². The largest absolute Gasteiger partial charge is 0.343 e. The van der Waals surface area contributed by atoms with E-state index in [4.69, 9.17) is 0 Å². The zero-order chi connectivity index (χ0) is 19.3. The first-order valence-corrected chi connectivity index (χ1v) is 10.9. The fraction of sp³-hybridized carbons (Fsp3) is 0.682. The average Bonchev–Trinajstić information content (AvgIpc) is 3.17. The highest BCUT2D eigenvalue weighted by atomic mass is 16.2. The third-order valence-electron chi connectivity index (χ3n) is 6.78. The van der Waals surface area contributed by atoms with Crippen LogP contribution in [0.3, 0.4) is 0 Å². The van der Waals surface area contributed by atoms with Gasteiger partial charge in [-0.1, -0.05) is 6.07 Å². The number of likely N-dealkylation sites (tertiary alicyclic amines) is 3. The minimum atomic E-state index is 0.0641. The lowest BCUT2D eigenvalue weighted by Crippen LogP contribution is -2.49. The lowest BCUT2D eigenvalue weighted by Gasteiger charge is -2.42. The highest BCUT2D eigenvalue weighted by Crippen LogP contribution is 2.26. The summed E-state index contributed by atoms with van der Waals surface area (Å²) in [6, 6.07) is 6.12. The Kier molecular flexibility index (Phi) is 6.25. The monoisotopic (exact) mass is 384 g/mol. The van der Waals surface area contributed by atoms with Crippen LogP contribution in [0.1, 0.15) is 55.4 Å². The molecule has 0 saturated carbocycles. The van der Waals surface area contributed by atoms with Crippen molar-refractivity contribution in [1.29, 1.82) is 0 Å². The van der Waals surface area contributed by atoms with Gasteiger partial charge in [0.25, 0.3) is 5.91 Å². The molecule has 0 atom stereocenters. The maximum atomic E-state index is 12.6. The van der Waals surface area contributed by atoms with Gasteiger partial charge >= 0.3 is 0 Å². The summed E-state index contributed by atoms with van der Waals surface area (Å²) in [5.41, 5.74) is 0.554. The van der Waals surface area contributed by atoms with Crippen molar-refractivity contribution >= 4 is 11.8 Å². The van der Waals surface area contributed by atoms with E-state index >= 15 is 0 Å². The minimum Gasteiger partial charge on any atom is -0.343 e. The molecule has 0 unspecified atom stereocenters. The molecule has 3 aliphatic heterocycles. The second-order valence-corrected chi connectivity index (χ2v) is 8.49. The summed E-state index contributed by atoms with van der Waals surface area (Å²) in [5, 5.41) is 0. The Balaban J connectivity index is 1.18. The van der Waals surface area contributed by atoms with E-state index < -0.39 is 0 Å². The highest BCUT2D eigenvalue weighted by molar-refractivity contribution is 5.92. The number of hydrogen-bond donors (Lipinski definition) is 0. The Bertz CT molecular complexity index is 664. The lowest BCUT2D eigenvalue weighted by molar-refractivity contribution is -0.127. The van der Waals surface area contributed by atoms with Gasteiger partial charge in [-0.25, -0.2) is 0 Å². The number of amides is 2. The normalized spacial score (nSPS) is 22.8. The summed E-state index contributed by atoms with van der Waals surface area (Å²) in [4.78, 5) is 35.2. The third kappa shape index (κ3) is 4.54. The molecule has 3 aliphatic rings. The number of piperidine rings is 2. The van der Waals surface area contributed by atoms with Gasteiger partial charge in [-0.05, 0) is 69.7 Å². The molecule has 0 radical (unpaired) electrons. The van der Waals surface area contributed by atoms with Crippen LogP contribution >= 0.6 is 0 Å². The van der Waals surface area contributed by atoms with Crippen molar-refractivity contribution in [3.8, 4) is 0 Å². The summed E-state index contributed by atoms with van der Waals surface area (Å²) >= 11 is 0. The number of nitrogens with zero attached hydrogens (tertiary/aromatic N) is 4. The fourth-order valence-electron chi connectivity index (χ4n) is 4.97. The molecule has 1 aromatic heterocycles. The molecule has 4 heterocycles. The molecule has 3 saturated heterocycles. The van der Waals surface area contributed by atoms with Crippen LogP contribution in [0.15, 0.2) is 24.4 Å². The van der Waals surface area contributed by atoms with Crippen LogP contribution in [0.4, 0.5) is 0 Å². The fourth-order valence-corrected chi connectivity index (χ4v) is 4.97. The molecule has 28 heavy (non-hydrogen) atoms. The van der Waals surface area contributed by atoms with Gasteiger partial charge in [-0.15, -0.1) is 0 Å². The van der Waals surface area contributed by atoms with E-state index in [2.05, 4.69) is 14.8 Å².